The Morgan fingerprint density at radius 2 is 2.30 bits per heavy atom. The van der Waals surface area contributed by atoms with Crippen LogP contribution in [0.1, 0.15) is 26.2 Å². The van der Waals surface area contributed by atoms with Crippen LogP contribution in [0.4, 0.5) is 0 Å². The lowest BCUT2D eigenvalue weighted by Gasteiger charge is -2.31. The molecule has 1 heterocycles. The van der Waals surface area contributed by atoms with Crippen LogP contribution in [0.15, 0.2) is 0 Å². The minimum Gasteiger partial charge on any atom is -0.375 e. The zero-order chi connectivity index (χ0) is 6.97. The van der Waals surface area contributed by atoms with Gasteiger partial charge < -0.3 is 10.1 Å². The largest absolute Gasteiger partial charge is 0.375 e. The quantitative estimate of drug-likeness (QED) is 0.541. The highest BCUT2D eigenvalue weighted by molar-refractivity contribution is 4.89. The molecule has 1 aliphatic heterocycles. The summed E-state index contributed by atoms with van der Waals surface area (Å²) in [4.78, 5) is 0. The van der Waals surface area contributed by atoms with Crippen molar-refractivity contribution in [2.24, 2.45) is 0 Å². The third-order valence-corrected chi connectivity index (χ3v) is 2.51. The number of hydrogen-bond donors (Lipinski definition) is 1. The summed E-state index contributed by atoms with van der Waals surface area (Å²) in [6.07, 6.45) is 4.46. The standard InChI is InChI=1S/C8H15NO/c1-6-5-10-8-4-2-3-7(8)9-6/h6-9H,2-5H2,1H3/t6?,7-,8-/m1/s1. The number of morpholine rings is 1. The van der Waals surface area contributed by atoms with Crippen molar-refractivity contribution in [1.82, 2.24) is 5.32 Å². The molecule has 1 unspecified atom stereocenters. The monoisotopic (exact) mass is 141 g/mol. The van der Waals surface area contributed by atoms with Crippen molar-refractivity contribution >= 4 is 0 Å². The van der Waals surface area contributed by atoms with Crippen LogP contribution in [0.2, 0.25) is 0 Å². The van der Waals surface area contributed by atoms with Crippen molar-refractivity contribution in [1.29, 1.82) is 0 Å². The number of ether oxygens (including phenoxy) is 1. The molecule has 0 spiro atoms. The maximum absolute atomic E-state index is 5.65. The molecule has 0 amide bonds. The molecule has 2 fully saturated rings. The number of nitrogens with one attached hydrogen (secondary N) is 1. The van der Waals surface area contributed by atoms with Crippen molar-refractivity contribution < 1.29 is 4.74 Å². The van der Waals surface area contributed by atoms with E-state index in [0.29, 0.717) is 18.2 Å². The van der Waals surface area contributed by atoms with Gasteiger partial charge in [-0.1, -0.05) is 0 Å². The average molecular weight is 141 g/mol. The van der Waals surface area contributed by atoms with E-state index >= 15 is 0 Å². The number of rotatable bonds is 0. The van der Waals surface area contributed by atoms with Crippen LogP contribution >= 0.6 is 0 Å². The smallest absolute Gasteiger partial charge is 0.0728 e. The highest BCUT2D eigenvalue weighted by atomic mass is 16.5. The summed E-state index contributed by atoms with van der Waals surface area (Å²) in [5.41, 5.74) is 0. The van der Waals surface area contributed by atoms with E-state index in [1.807, 2.05) is 0 Å². The second-order valence-corrected chi connectivity index (χ2v) is 3.48. The minimum absolute atomic E-state index is 0.538. The molecule has 10 heavy (non-hydrogen) atoms. The zero-order valence-corrected chi connectivity index (χ0v) is 6.47. The molecule has 2 aliphatic rings. The molecular weight excluding hydrogens is 126 g/mol. The summed E-state index contributed by atoms with van der Waals surface area (Å²) in [5, 5.41) is 3.55. The van der Waals surface area contributed by atoms with Gasteiger partial charge in [-0.05, 0) is 26.2 Å². The van der Waals surface area contributed by atoms with E-state index in [-0.39, 0.29) is 0 Å². The molecular formula is C8H15NO. The number of hydrogen-bond acceptors (Lipinski definition) is 2. The fourth-order valence-corrected chi connectivity index (χ4v) is 2.00. The van der Waals surface area contributed by atoms with Crippen molar-refractivity contribution in [3.8, 4) is 0 Å². The summed E-state index contributed by atoms with van der Waals surface area (Å²) < 4.78 is 5.65. The van der Waals surface area contributed by atoms with E-state index in [0.717, 1.165) is 6.61 Å². The Hall–Kier alpha value is -0.0800. The van der Waals surface area contributed by atoms with Gasteiger partial charge in [0.1, 0.15) is 0 Å². The average Bonchev–Trinajstić information content (AvgIpc) is 2.33. The summed E-state index contributed by atoms with van der Waals surface area (Å²) >= 11 is 0. The molecule has 0 radical (unpaired) electrons. The molecule has 0 aromatic rings. The van der Waals surface area contributed by atoms with Gasteiger partial charge in [-0.15, -0.1) is 0 Å². The highest BCUT2D eigenvalue weighted by Crippen LogP contribution is 2.25. The maximum atomic E-state index is 5.65. The molecule has 0 aromatic heterocycles. The second-order valence-electron chi connectivity index (χ2n) is 3.48. The molecule has 2 heteroatoms. The molecule has 0 aromatic carbocycles. The molecule has 1 saturated heterocycles. The molecule has 58 valence electrons. The summed E-state index contributed by atoms with van der Waals surface area (Å²) in [7, 11) is 0. The highest BCUT2D eigenvalue weighted by Gasteiger charge is 2.32. The van der Waals surface area contributed by atoms with Crippen LogP contribution in [-0.4, -0.2) is 24.8 Å². The molecule has 2 nitrogen and oxygen atoms in total. The van der Waals surface area contributed by atoms with E-state index < -0.39 is 0 Å². The maximum Gasteiger partial charge on any atom is 0.0728 e. The Morgan fingerprint density at radius 1 is 1.40 bits per heavy atom. The van der Waals surface area contributed by atoms with Gasteiger partial charge in [-0.3, -0.25) is 0 Å². The lowest BCUT2D eigenvalue weighted by Crippen LogP contribution is -2.50. The normalized spacial score (nSPS) is 47.1. The fraction of sp³-hybridized carbons (Fsp3) is 1.00. The lowest BCUT2D eigenvalue weighted by atomic mass is 10.1. The van der Waals surface area contributed by atoms with E-state index in [2.05, 4.69) is 12.2 Å². The van der Waals surface area contributed by atoms with Crippen LogP contribution in [0.25, 0.3) is 0 Å². The molecule has 1 saturated carbocycles. The van der Waals surface area contributed by atoms with E-state index in [9.17, 15) is 0 Å². The minimum atomic E-state index is 0.538. The van der Waals surface area contributed by atoms with Gasteiger partial charge >= 0.3 is 0 Å². The van der Waals surface area contributed by atoms with Crippen molar-refractivity contribution in [2.45, 2.75) is 44.4 Å². The lowest BCUT2D eigenvalue weighted by molar-refractivity contribution is -0.00939. The van der Waals surface area contributed by atoms with E-state index in [1.165, 1.54) is 19.3 Å². The summed E-state index contributed by atoms with van der Waals surface area (Å²) in [6, 6.07) is 1.24. The van der Waals surface area contributed by atoms with E-state index in [1.54, 1.807) is 0 Å². The van der Waals surface area contributed by atoms with Crippen LogP contribution < -0.4 is 5.32 Å². The van der Waals surface area contributed by atoms with Crippen molar-refractivity contribution in [3.63, 3.8) is 0 Å². The predicted octanol–water partition coefficient (Wildman–Crippen LogP) is 0.916. The first-order valence-corrected chi connectivity index (χ1v) is 4.24. The Labute approximate surface area is 61.9 Å². The van der Waals surface area contributed by atoms with Crippen LogP contribution in [0, 0.1) is 0 Å². The first kappa shape index (κ1) is 6.62. The van der Waals surface area contributed by atoms with Gasteiger partial charge in [0.05, 0.1) is 12.7 Å². The van der Waals surface area contributed by atoms with Gasteiger partial charge in [0.25, 0.3) is 0 Å². The third kappa shape index (κ3) is 1.06. The molecule has 1 aliphatic carbocycles. The van der Waals surface area contributed by atoms with Gasteiger partial charge in [-0.25, -0.2) is 0 Å². The topological polar surface area (TPSA) is 21.3 Å². The van der Waals surface area contributed by atoms with Crippen molar-refractivity contribution in [3.05, 3.63) is 0 Å². The first-order chi connectivity index (χ1) is 4.86. The predicted molar refractivity (Wildman–Crippen MR) is 40.0 cm³/mol. The molecule has 1 N–H and O–H groups in total. The zero-order valence-electron chi connectivity index (χ0n) is 6.47. The Morgan fingerprint density at radius 3 is 3.20 bits per heavy atom. The second kappa shape index (κ2) is 2.51. The van der Waals surface area contributed by atoms with Gasteiger partial charge in [-0.2, -0.15) is 0 Å². The van der Waals surface area contributed by atoms with Crippen LogP contribution in [0.3, 0.4) is 0 Å². The molecule has 0 bridgehead atoms. The number of fused-ring (bicyclic) bond motifs is 1. The molecule has 2 rings (SSSR count). The SMILES string of the molecule is CC1CO[C@@H]2CCC[C@H]2N1. The summed E-state index contributed by atoms with van der Waals surface area (Å²) in [5.74, 6) is 0. The third-order valence-electron chi connectivity index (χ3n) is 2.51. The Bertz CT molecular complexity index is 126. The van der Waals surface area contributed by atoms with Gasteiger partial charge in [0.15, 0.2) is 0 Å². The van der Waals surface area contributed by atoms with Gasteiger partial charge in [0, 0.05) is 12.1 Å². The van der Waals surface area contributed by atoms with Crippen molar-refractivity contribution in [2.75, 3.05) is 6.61 Å². The Kier molecular flexibility index (Phi) is 1.66. The summed E-state index contributed by atoms with van der Waals surface area (Å²) in [6.45, 7) is 3.09. The van der Waals surface area contributed by atoms with Crippen LogP contribution in [0.5, 0.6) is 0 Å². The fourth-order valence-electron chi connectivity index (χ4n) is 2.00. The van der Waals surface area contributed by atoms with E-state index in [4.69, 9.17) is 4.74 Å². The van der Waals surface area contributed by atoms with Gasteiger partial charge in [0.2, 0.25) is 0 Å². The first-order valence-electron chi connectivity index (χ1n) is 4.24. The van der Waals surface area contributed by atoms with Crippen LogP contribution in [-0.2, 0) is 4.74 Å². The Balaban J connectivity index is 1.96. The molecule has 3 atom stereocenters.